The molecule has 2 heterocycles. The highest BCUT2D eigenvalue weighted by atomic mass is 31.2. The minimum atomic E-state index is -4.23. The second-order valence-electron chi connectivity index (χ2n) is 9.74. The molecule has 3 aliphatic carbocycles. The molecule has 3 unspecified atom stereocenters. The summed E-state index contributed by atoms with van der Waals surface area (Å²) in [5.74, 6) is -2.23. The van der Waals surface area contributed by atoms with Crippen LogP contribution in [0.25, 0.3) is 0 Å². The number of allylic oxidation sites excluding steroid dienone is 9. The fraction of sp³-hybridized carbons (Fsp3) is 0.321. The number of aromatic nitrogens is 3. The molecular formula is C28H30N5O8P. The number of primary amides is 1. The monoisotopic (exact) mass is 595 g/mol. The molecule has 1 fully saturated rings. The molecule has 14 heteroatoms. The Morgan fingerprint density at radius 2 is 2.02 bits per heavy atom. The van der Waals surface area contributed by atoms with Crippen LogP contribution in [0, 0.1) is 11.8 Å². The molecule has 1 aliphatic heterocycles. The van der Waals surface area contributed by atoms with Crippen molar-refractivity contribution in [2.75, 3.05) is 19.8 Å². The molecule has 42 heavy (non-hydrogen) atoms. The van der Waals surface area contributed by atoms with Gasteiger partial charge in [-0.3, -0.25) is 18.9 Å². The SMILES string of the molecule is C=C1C(=O)[C@H](n2cnc(C(N)=O)n2)O[C@@H]1COP(=O)(NCC(=O)OCC1=CCCC=C1)OC1=CC=CC2C=CC=CC12. The molecule has 0 bridgehead atoms. The van der Waals surface area contributed by atoms with Gasteiger partial charge in [-0.2, -0.15) is 0 Å². The van der Waals surface area contributed by atoms with Gasteiger partial charge < -0.3 is 19.7 Å². The number of hydrogen-bond donors (Lipinski definition) is 2. The van der Waals surface area contributed by atoms with Crippen LogP contribution in [-0.2, 0) is 32.7 Å². The molecule has 3 N–H and O–H groups in total. The van der Waals surface area contributed by atoms with E-state index in [0.29, 0.717) is 5.76 Å². The van der Waals surface area contributed by atoms with Crippen LogP contribution in [0.4, 0.5) is 0 Å². The van der Waals surface area contributed by atoms with Crippen molar-refractivity contribution in [3.05, 3.63) is 96.4 Å². The Bertz CT molecular complexity index is 1500. The van der Waals surface area contributed by atoms with Crippen LogP contribution >= 0.6 is 7.75 Å². The van der Waals surface area contributed by atoms with Gasteiger partial charge in [0.25, 0.3) is 5.91 Å². The summed E-state index contributed by atoms with van der Waals surface area (Å²) in [4.78, 5) is 40.4. The van der Waals surface area contributed by atoms with Crippen LogP contribution in [0.3, 0.4) is 0 Å². The zero-order valence-electron chi connectivity index (χ0n) is 22.5. The summed E-state index contributed by atoms with van der Waals surface area (Å²) in [6.45, 7) is 2.97. The number of ketones is 1. The Morgan fingerprint density at radius 1 is 1.21 bits per heavy atom. The van der Waals surface area contributed by atoms with E-state index >= 15 is 0 Å². The van der Waals surface area contributed by atoms with Crippen LogP contribution < -0.4 is 10.8 Å². The third-order valence-corrected chi connectivity index (χ3v) is 8.29. The van der Waals surface area contributed by atoms with E-state index < -0.39 is 50.9 Å². The molecule has 0 saturated carbocycles. The van der Waals surface area contributed by atoms with Crippen molar-refractivity contribution in [3.63, 3.8) is 0 Å². The van der Waals surface area contributed by atoms with Crippen LogP contribution in [0.1, 0.15) is 29.7 Å². The van der Waals surface area contributed by atoms with Gasteiger partial charge in [0.2, 0.25) is 17.8 Å². The van der Waals surface area contributed by atoms with Gasteiger partial charge in [0.1, 0.15) is 31.3 Å². The lowest BCUT2D eigenvalue weighted by atomic mass is 9.84. The standard InChI is InChI=1S/C28H30N5O8P/c1-18-23(40-28(25(18)35)33-17-30-27(32-33)26(29)36)16-39-42(37,31-14-24(34)38-15-19-8-3-2-4-9-19)41-22-13-7-11-20-10-5-6-12-21(20)22/h3,5-13,17,20-21,23,28H,1-2,4,14-16H2,(H2,29,36)(H,31,37)/t20?,21?,23-,28-,42?/m1/s1. The Labute approximate surface area is 241 Å². The number of nitrogens with one attached hydrogen (secondary N) is 1. The number of nitrogens with zero attached hydrogens (tertiary/aromatic N) is 3. The van der Waals surface area contributed by atoms with E-state index in [1.165, 1.54) is 0 Å². The zero-order chi connectivity index (χ0) is 29.7. The van der Waals surface area contributed by atoms with Crippen molar-refractivity contribution in [1.29, 1.82) is 0 Å². The van der Waals surface area contributed by atoms with Crippen molar-refractivity contribution < 1.29 is 37.5 Å². The average Bonchev–Trinajstić information content (AvgIpc) is 3.60. The molecule has 5 rings (SSSR count). The third-order valence-electron chi connectivity index (χ3n) is 6.80. The number of nitrogens with two attached hydrogens (primary N) is 1. The fourth-order valence-corrected chi connectivity index (χ4v) is 5.90. The third kappa shape index (κ3) is 6.82. The minimum Gasteiger partial charge on any atom is -0.460 e. The Balaban J connectivity index is 1.26. The Hall–Kier alpha value is -4.16. The van der Waals surface area contributed by atoms with E-state index in [0.717, 1.165) is 29.4 Å². The second kappa shape index (κ2) is 12.8. The first-order valence-electron chi connectivity index (χ1n) is 13.3. The number of Topliss-reactive ketones (excluding diaryl/α,β-unsaturated/α-hetero) is 1. The summed E-state index contributed by atoms with van der Waals surface area (Å²) in [5, 5.41) is 6.44. The molecule has 1 aromatic heterocycles. The van der Waals surface area contributed by atoms with Gasteiger partial charge in [0.05, 0.1) is 6.61 Å². The molecule has 1 saturated heterocycles. The first kappa shape index (κ1) is 29.3. The summed E-state index contributed by atoms with van der Waals surface area (Å²) in [5.41, 5.74) is 6.09. The maximum atomic E-state index is 14.0. The van der Waals surface area contributed by atoms with Crippen molar-refractivity contribution in [3.8, 4) is 0 Å². The van der Waals surface area contributed by atoms with Crippen LogP contribution in [0.2, 0.25) is 0 Å². The lowest BCUT2D eigenvalue weighted by molar-refractivity contribution is -0.141. The van der Waals surface area contributed by atoms with E-state index in [9.17, 15) is 18.9 Å². The Morgan fingerprint density at radius 3 is 2.79 bits per heavy atom. The largest absolute Gasteiger partial charge is 0.460 e. The molecule has 13 nitrogen and oxygen atoms in total. The van der Waals surface area contributed by atoms with Crippen LogP contribution in [0.15, 0.2) is 90.6 Å². The van der Waals surface area contributed by atoms with Crippen LogP contribution in [0.5, 0.6) is 0 Å². The molecule has 0 aromatic carbocycles. The summed E-state index contributed by atoms with van der Waals surface area (Å²) in [6.07, 6.45) is 19.6. The summed E-state index contributed by atoms with van der Waals surface area (Å²) >= 11 is 0. The number of carbonyl (C=O) groups is 3. The average molecular weight is 596 g/mol. The number of amides is 1. The van der Waals surface area contributed by atoms with Gasteiger partial charge >= 0.3 is 13.7 Å². The highest BCUT2D eigenvalue weighted by Crippen LogP contribution is 2.50. The Kier molecular flexibility index (Phi) is 8.93. The summed E-state index contributed by atoms with van der Waals surface area (Å²) in [7, 11) is -4.23. The zero-order valence-corrected chi connectivity index (χ0v) is 23.4. The first-order chi connectivity index (χ1) is 20.2. The second-order valence-corrected chi connectivity index (χ2v) is 11.5. The number of fused-ring (bicyclic) bond motifs is 1. The molecule has 0 spiro atoms. The number of ether oxygens (including phenoxy) is 2. The molecule has 5 atom stereocenters. The molecule has 4 aliphatic rings. The van der Waals surface area contributed by atoms with E-state index in [2.05, 4.69) is 21.7 Å². The maximum Gasteiger partial charge on any atom is 0.459 e. The van der Waals surface area contributed by atoms with Crippen LogP contribution in [-0.4, -0.2) is 58.3 Å². The van der Waals surface area contributed by atoms with E-state index in [-0.39, 0.29) is 29.8 Å². The predicted octanol–water partition coefficient (Wildman–Crippen LogP) is 2.76. The van der Waals surface area contributed by atoms with Crippen molar-refractivity contribution in [2.24, 2.45) is 17.6 Å². The normalized spacial score (nSPS) is 25.9. The molecule has 1 aromatic rings. The van der Waals surface area contributed by atoms with Crippen molar-refractivity contribution in [1.82, 2.24) is 19.9 Å². The lowest BCUT2D eigenvalue weighted by Gasteiger charge is -2.30. The minimum absolute atomic E-state index is 0.00506. The topological polar surface area (TPSA) is 174 Å². The predicted molar refractivity (Wildman–Crippen MR) is 149 cm³/mol. The van der Waals surface area contributed by atoms with Gasteiger partial charge in [-0.15, -0.1) is 5.10 Å². The molecule has 220 valence electrons. The lowest BCUT2D eigenvalue weighted by Crippen LogP contribution is -2.28. The fourth-order valence-electron chi connectivity index (χ4n) is 4.57. The van der Waals surface area contributed by atoms with Crippen molar-refractivity contribution in [2.45, 2.75) is 25.2 Å². The van der Waals surface area contributed by atoms with E-state index in [1.54, 1.807) is 12.2 Å². The number of rotatable bonds is 12. The van der Waals surface area contributed by atoms with E-state index in [1.807, 2.05) is 48.6 Å². The summed E-state index contributed by atoms with van der Waals surface area (Å²) in [6, 6.07) is 0. The smallest absolute Gasteiger partial charge is 0.459 e. The van der Waals surface area contributed by atoms with Gasteiger partial charge in [-0.1, -0.05) is 61.3 Å². The highest BCUT2D eigenvalue weighted by molar-refractivity contribution is 7.51. The first-order valence-corrected chi connectivity index (χ1v) is 14.8. The highest BCUT2D eigenvalue weighted by Gasteiger charge is 2.42. The maximum absolute atomic E-state index is 14.0. The summed E-state index contributed by atoms with van der Waals surface area (Å²) < 4.78 is 37.7. The molecule has 0 radical (unpaired) electrons. The van der Waals surface area contributed by atoms with Crippen molar-refractivity contribution >= 4 is 25.4 Å². The number of hydrogen-bond acceptors (Lipinski definition) is 10. The number of carbonyl (C=O) groups excluding carboxylic acids is 3. The van der Waals surface area contributed by atoms with E-state index in [4.69, 9.17) is 24.3 Å². The number of esters is 1. The molecule has 1 amide bonds. The van der Waals surface area contributed by atoms with Gasteiger partial charge in [-0.05, 0) is 24.5 Å². The van der Waals surface area contributed by atoms with Gasteiger partial charge in [0.15, 0.2) is 0 Å². The molecular weight excluding hydrogens is 565 g/mol. The van der Waals surface area contributed by atoms with Gasteiger partial charge in [0, 0.05) is 17.4 Å². The van der Waals surface area contributed by atoms with Gasteiger partial charge in [-0.25, -0.2) is 19.3 Å². The quantitative estimate of drug-likeness (QED) is 0.207.